The first kappa shape index (κ1) is 19.6. The predicted octanol–water partition coefficient (Wildman–Crippen LogP) is 2.44. The van der Waals surface area contributed by atoms with Gasteiger partial charge in [-0.3, -0.25) is 4.79 Å². The number of hydrogen-bond donors (Lipinski definition) is 1. The molecule has 0 unspecified atom stereocenters. The fraction of sp³-hybridized carbons (Fsp3) is 0.444. The summed E-state index contributed by atoms with van der Waals surface area (Å²) in [5.41, 5.74) is 1.47. The number of nitrogens with zero attached hydrogens (tertiary/aromatic N) is 1. The molecule has 2 rings (SSSR count). The highest BCUT2D eigenvalue weighted by atomic mass is 16.5. The molecule has 142 valence electrons. The highest BCUT2D eigenvalue weighted by Crippen LogP contribution is 2.42. The van der Waals surface area contributed by atoms with Crippen molar-refractivity contribution in [3.05, 3.63) is 23.4 Å². The van der Waals surface area contributed by atoms with Crippen LogP contribution in [0.15, 0.2) is 16.7 Å². The minimum absolute atomic E-state index is 0.261. The van der Waals surface area contributed by atoms with E-state index in [9.17, 15) is 4.79 Å². The number of aromatic nitrogens is 1. The molecule has 1 heterocycles. The molecule has 8 nitrogen and oxygen atoms in total. The Morgan fingerprint density at radius 1 is 1.12 bits per heavy atom. The largest absolute Gasteiger partial charge is 0.493 e. The normalized spacial score (nSPS) is 10.5. The average molecular weight is 364 g/mol. The van der Waals surface area contributed by atoms with E-state index in [1.54, 1.807) is 26.2 Å². The van der Waals surface area contributed by atoms with Crippen LogP contribution in [0, 0.1) is 6.92 Å². The lowest BCUT2D eigenvalue weighted by Gasteiger charge is -2.13. The van der Waals surface area contributed by atoms with Gasteiger partial charge >= 0.3 is 0 Å². The number of carbonyl (C=O) groups excluding carboxylic acids is 1. The lowest BCUT2D eigenvalue weighted by molar-refractivity contribution is 0.0948. The number of aryl methyl sites for hydroxylation is 1. The first-order valence-electron chi connectivity index (χ1n) is 8.11. The zero-order valence-electron chi connectivity index (χ0n) is 15.7. The fourth-order valence-corrected chi connectivity index (χ4v) is 2.55. The SMILES string of the molecule is COCCCNC(=O)c1c(C)noc1-c1cc(OC)c(OC)c(OC)c1. The summed E-state index contributed by atoms with van der Waals surface area (Å²) in [6, 6.07) is 3.42. The Bertz CT molecular complexity index is 731. The Hall–Kier alpha value is -2.74. The Labute approximate surface area is 152 Å². The van der Waals surface area contributed by atoms with Gasteiger partial charge in [0, 0.05) is 25.8 Å². The first-order chi connectivity index (χ1) is 12.6. The van der Waals surface area contributed by atoms with Gasteiger partial charge < -0.3 is 28.8 Å². The molecular formula is C18H24N2O6. The summed E-state index contributed by atoms with van der Waals surface area (Å²) in [4.78, 5) is 12.6. The van der Waals surface area contributed by atoms with Gasteiger partial charge in [-0.1, -0.05) is 5.16 Å². The van der Waals surface area contributed by atoms with Gasteiger partial charge in [-0.15, -0.1) is 0 Å². The molecule has 8 heteroatoms. The number of carbonyl (C=O) groups is 1. The van der Waals surface area contributed by atoms with E-state index < -0.39 is 0 Å². The number of amides is 1. The van der Waals surface area contributed by atoms with Crippen LogP contribution in [0.1, 0.15) is 22.5 Å². The molecule has 1 aromatic heterocycles. The van der Waals surface area contributed by atoms with Gasteiger partial charge in [0.15, 0.2) is 17.3 Å². The summed E-state index contributed by atoms with van der Waals surface area (Å²) in [5.74, 6) is 1.46. The van der Waals surface area contributed by atoms with Crippen molar-refractivity contribution in [3.63, 3.8) is 0 Å². The molecule has 0 atom stereocenters. The van der Waals surface area contributed by atoms with E-state index in [-0.39, 0.29) is 5.91 Å². The number of rotatable bonds is 9. The summed E-state index contributed by atoms with van der Waals surface area (Å²) in [6.07, 6.45) is 0.714. The molecule has 0 radical (unpaired) electrons. The third-order valence-electron chi connectivity index (χ3n) is 3.83. The maximum atomic E-state index is 12.6. The van der Waals surface area contributed by atoms with Crippen LogP contribution in [0.4, 0.5) is 0 Å². The van der Waals surface area contributed by atoms with E-state index in [0.29, 0.717) is 59.4 Å². The van der Waals surface area contributed by atoms with Crippen LogP contribution in [0.25, 0.3) is 11.3 Å². The van der Waals surface area contributed by atoms with Crippen molar-refractivity contribution >= 4 is 5.91 Å². The monoisotopic (exact) mass is 364 g/mol. The lowest BCUT2D eigenvalue weighted by atomic mass is 10.0. The van der Waals surface area contributed by atoms with E-state index >= 15 is 0 Å². The van der Waals surface area contributed by atoms with Crippen molar-refractivity contribution < 1.29 is 28.3 Å². The number of ether oxygens (including phenoxy) is 4. The summed E-state index contributed by atoms with van der Waals surface area (Å²) in [6.45, 7) is 2.78. The van der Waals surface area contributed by atoms with Gasteiger partial charge in [0.05, 0.1) is 27.0 Å². The van der Waals surface area contributed by atoms with Gasteiger partial charge in [0.25, 0.3) is 5.91 Å². The maximum absolute atomic E-state index is 12.6. The van der Waals surface area contributed by atoms with E-state index in [0.717, 1.165) is 0 Å². The Morgan fingerprint density at radius 3 is 2.31 bits per heavy atom. The van der Waals surface area contributed by atoms with E-state index in [1.165, 1.54) is 21.3 Å². The molecule has 1 aromatic carbocycles. The molecule has 0 saturated heterocycles. The molecule has 0 aliphatic carbocycles. The summed E-state index contributed by atoms with van der Waals surface area (Å²) < 4.78 is 26.4. The second-order valence-electron chi connectivity index (χ2n) is 5.49. The van der Waals surface area contributed by atoms with Crippen molar-refractivity contribution in [2.75, 3.05) is 41.6 Å². The summed E-state index contributed by atoms with van der Waals surface area (Å²) in [7, 11) is 6.19. The smallest absolute Gasteiger partial charge is 0.257 e. The van der Waals surface area contributed by atoms with Gasteiger partial charge in [-0.2, -0.15) is 0 Å². The lowest BCUT2D eigenvalue weighted by Crippen LogP contribution is -2.26. The third-order valence-corrected chi connectivity index (χ3v) is 3.83. The number of hydrogen-bond acceptors (Lipinski definition) is 7. The van der Waals surface area contributed by atoms with Gasteiger partial charge in [0.1, 0.15) is 5.56 Å². The number of benzene rings is 1. The third kappa shape index (κ3) is 4.08. The van der Waals surface area contributed by atoms with Crippen molar-refractivity contribution in [3.8, 4) is 28.6 Å². The van der Waals surface area contributed by atoms with Crippen LogP contribution in [0.2, 0.25) is 0 Å². The van der Waals surface area contributed by atoms with E-state index in [4.69, 9.17) is 23.5 Å². The predicted molar refractivity (Wildman–Crippen MR) is 95.2 cm³/mol. The molecular weight excluding hydrogens is 340 g/mol. The Morgan fingerprint density at radius 2 is 1.77 bits per heavy atom. The Kier molecular flexibility index (Phi) is 6.85. The molecule has 0 bridgehead atoms. The van der Waals surface area contributed by atoms with Crippen LogP contribution < -0.4 is 19.5 Å². The van der Waals surface area contributed by atoms with Crippen LogP contribution in [-0.2, 0) is 4.74 Å². The topological polar surface area (TPSA) is 92.1 Å². The average Bonchev–Trinajstić information content (AvgIpc) is 3.05. The quantitative estimate of drug-likeness (QED) is 0.683. The molecule has 0 aliphatic heterocycles. The molecule has 2 aromatic rings. The van der Waals surface area contributed by atoms with Crippen LogP contribution in [0.5, 0.6) is 17.2 Å². The Balaban J connectivity index is 2.39. The number of methoxy groups -OCH3 is 4. The van der Waals surface area contributed by atoms with E-state index in [2.05, 4.69) is 10.5 Å². The van der Waals surface area contributed by atoms with Gasteiger partial charge in [-0.25, -0.2) is 0 Å². The first-order valence-corrected chi connectivity index (χ1v) is 8.11. The van der Waals surface area contributed by atoms with E-state index in [1.807, 2.05) is 0 Å². The second-order valence-corrected chi connectivity index (χ2v) is 5.49. The van der Waals surface area contributed by atoms with Gasteiger partial charge in [-0.05, 0) is 25.5 Å². The van der Waals surface area contributed by atoms with Crippen molar-refractivity contribution in [1.29, 1.82) is 0 Å². The van der Waals surface area contributed by atoms with Crippen LogP contribution in [0.3, 0.4) is 0 Å². The zero-order valence-corrected chi connectivity index (χ0v) is 15.7. The minimum atomic E-state index is -0.261. The summed E-state index contributed by atoms with van der Waals surface area (Å²) >= 11 is 0. The zero-order chi connectivity index (χ0) is 19.1. The molecule has 26 heavy (non-hydrogen) atoms. The molecule has 0 fully saturated rings. The van der Waals surface area contributed by atoms with Crippen LogP contribution in [-0.4, -0.2) is 52.7 Å². The second kappa shape index (κ2) is 9.10. The minimum Gasteiger partial charge on any atom is -0.493 e. The molecule has 0 aliphatic rings. The molecule has 1 amide bonds. The van der Waals surface area contributed by atoms with Gasteiger partial charge in [0.2, 0.25) is 5.75 Å². The molecule has 1 N–H and O–H groups in total. The van der Waals surface area contributed by atoms with Crippen molar-refractivity contribution in [2.45, 2.75) is 13.3 Å². The summed E-state index contributed by atoms with van der Waals surface area (Å²) in [5, 5.41) is 6.78. The van der Waals surface area contributed by atoms with Crippen molar-refractivity contribution in [1.82, 2.24) is 10.5 Å². The molecule has 0 spiro atoms. The standard InChI is InChI=1S/C18H24N2O6/c1-11-15(18(21)19-7-6-8-22-2)16(26-20-11)12-9-13(23-3)17(25-5)14(10-12)24-4/h9-10H,6-8H2,1-5H3,(H,19,21). The maximum Gasteiger partial charge on any atom is 0.257 e. The van der Waals surface area contributed by atoms with Crippen LogP contribution >= 0.6 is 0 Å². The highest BCUT2D eigenvalue weighted by Gasteiger charge is 2.24. The number of nitrogens with one attached hydrogen (secondary N) is 1. The van der Waals surface area contributed by atoms with Crippen molar-refractivity contribution in [2.24, 2.45) is 0 Å². The fourth-order valence-electron chi connectivity index (χ4n) is 2.55. The molecule has 0 saturated carbocycles. The highest BCUT2D eigenvalue weighted by molar-refractivity contribution is 6.00.